The van der Waals surface area contributed by atoms with Gasteiger partial charge in [-0.1, -0.05) is 0 Å². The molecule has 2 rings (SSSR count). The number of ketones is 1. The summed E-state index contributed by atoms with van der Waals surface area (Å²) in [4.78, 5) is 23.5. The molecule has 5 nitrogen and oxygen atoms in total. The van der Waals surface area contributed by atoms with E-state index in [9.17, 15) is 14.7 Å². The number of benzene rings is 1. The Morgan fingerprint density at radius 3 is 2.43 bits per heavy atom. The van der Waals surface area contributed by atoms with Crippen molar-refractivity contribution in [3.8, 4) is 0 Å². The average molecular weight is 289 g/mol. The first-order valence-corrected chi connectivity index (χ1v) is 6.87. The lowest BCUT2D eigenvalue weighted by atomic mass is 10.0. The third-order valence-corrected chi connectivity index (χ3v) is 3.68. The van der Waals surface area contributed by atoms with Crippen molar-refractivity contribution >= 4 is 22.7 Å². The van der Waals surface area contributed by atoms with Crippen molar-refractivity contribution < 1.29 is 19.8 Å². The van der Waals surface area contributed by atoms with Crippen molar-refractivity contribution in [1.82, 2.24) is 4.57 Å². The Bertz CT molecular complexity index is 728. The Balaban J connectivity index is 2.90. The highest BCUT2D eigenvalue weighted by Crippen LogP contribution is 2.30. The number of aromatic nitrogens is 1. The highest BCUT2D eigenvalue weighted by molar-refractivity contribution is 6.13. The van der Waals surface area contributed by atoms with Gasteiger partial charge in [0, 0.05) is 29.8 Å². The van der Waals surface area contributed by atoms with Gasteiger partial charge in [0.1, 0.15) is 0 Å². The van der Waals surface area contributed by atoms with Crippen LogP contribution < -0.4 is 0 Å². The van der Waals surface area contributed by atoms with Gasteiger partial charge in [-0.05, 0) is 44.9 Å². The van der Waals surface area contributed by atoms with Crippen LogP contribution in [0.2, 0.25) is 0 Å². The number of Topliss-reactive ketones (excluding diaryl/α,β-unsaturated/α-hetero) is 1. The van der Waals surface area contributed by atoms with E-state index in [1.807, 2.05) is 24.5 Å². The normalized spacial score (nSPS) is 11.0. The molecule has 0 aliphatic rings. The molecule has 0 unspecified atom stereocenters. The number of carboxylic acids is 1. The van der Waals surface area contributed by atoms with Crippen LogP contribution in [0.4, 0.5) is 0 Å². The van der Waals surface area contributed by atoms with Crippen LogP contribution in [0.1, 0.15) is 45.3 Å². The van der Waals surface area contributed by atoms with Gasteiger partial charge in [-0.25, -0.2) is 4.79 Å². The fraction of sp³-hybridized carbons (Fsp3) is 0.375. The molecule has 0 aliphatic carbocycles. The molecule has 5 heteroatoms. The van der Waals surface area contributed by atoms with Crippen LogP contribution in [-0.4, -0.2) is 33.1 Å². The summed E-state index contributed by atoms with van der Waals surface area (Å²) in [5.74, 6) is -1.09. The monoisotopic (exact) mass is 289 g/mol. The van der Waals surface area contributed by atoms with Crippen LogP contribution >= 0.6 is 0 Å². The lowest BCUT2D eigenvalue weighted by molar-refractivity contribution is 0.0698. The summed E-state index contributed by atoms with van der Waals surface area (Å²) in [5, 5.41) is 19.2. The maximum atomic E-state index is 11.9. The number of carbonyl (C=O) groups is 2. The van der Waals surface area contributed by atoms with E-state index < -0.39 is 5.97 Å². The van der Waals surface area contributed by atoms with Crippen LogP contribution in [0.25, 0.3) is 10.9 Å². The number of carbonyl (C=O) groups excluding carboxylic acids is 1. The second-order valence-corrected chi connectivity index (χ2v) is 5.26. The lowest BCUT2D eigenvalue weighted by Crippen LogP contribution is -2.07. The largest absolute Gasteiger partial charge is 0.478 e. The van der Waals surface area contributed by atoms with Gasteiger partial charge in [0.2, 0.25) is 0 Å². The zero-order valence-corrected chi connectivity index (χ0v) is 12.4. The van der Waals surface area contributed by atoms with Gasteiger partial charge in [-0.3, -0.25) is 4.79 Å². The maximum Gasteiger partial charge on any atom is 0.337 e. The molecule has 1 heterocycles. The summed E-state index contributed by atoms with van der Waals surface area (Å²) in [6.45, 7) is 5.62. The molecule has 0 atom stereocenters. The van der Waals surface area contributed by atoms with Gasteiger partial charge in [-0.2, -0.15) is 0 Å². The minimum Gasteiger partial charge on any atom is -0.478 e. The van der Waals surface area contributed by atoms with Gasteiger partial charge in [0.05, 0.1) is 11.1 Å². The minimum absolute atomic E-state index is 0.0167. The number of aliphatic hydroxyl groups is 1. The van der Waals surface area contributed by atoms with E-state index >= 15 is 0 Å². The summed E-state index contributed by atoms with van der Waals surface area (Å²) >= 11 is 0. The first-order chi connectivity index (χ1) is 9.88. The minimum atomic E-state index is -1.01. The summed E-state index contributed by atoms with van der Waals surface area (Å²) in [7, 11) is 0. The van der Waals surface area contributed by atoms with Crippen LogP contribution in [0.5, 0.6) is 0 Å². The SMILES string of the molecule is CC(=O)c1c(C)n(CCCO)c2c(C(=O)O)cc(C)cc12. The van der Waals surface area contributed by atoms with E-state index in [1.54, 1.807) is 6.07 Å². The number of hydrogen-bond acceptors (Lipinski definition) is 3. The molecular formula is C16H19NO4. The van der Waals surface area contributed by atoms with E-state index in [-0.39, 0.29) is 18.0 Å². The summed E-state index contributed by atoms with van der Waals surface area (Å²) in [5.41, 5.74) is 2.87. The van der Waals surface area contributed by atoms with E-state index in [0.29, 0.717) is 29.4 Å². The predicted molar refractivity (Wildman–Crippen MR) is 80.1 cm³/mol. The lowest BCUT2D eigenvalue weighted by Gasteiger charge is -2.09. The molecule has 2 N–H and O–H groups in total. The number of rotatable bonds is 5. The predicted octanol–water partition coefficient (Wildman–Crippen LogP) is 2.54. The van der Waals surface area contributed by atoms with Crippen LogP contribution in [0, 0.1) is 13.8 Å². The number of aryl methyl sites for hydroxylation is 2. The van der Waals surface area contributed by atoms with Gasteiger partial charge in [0.15, 0.2) is 5.78 Å². The number of hydrogen-bond donors (Lipinski definition) is 2. The molecule has 0 bridgehead atoms. The van der Waals surface area contributed by atoms with E-state index in [0.717, 1.165) is 11.3 Å². The van der Waals surface area contributed by atoms with Crippen LogP contribution in [0.15, 0.2) is 12.1 Å². The van der Waals surface area contributed by atoms with Crippen molar-refractivity contribution in [2.45, 2.75) is 33.7 Å². The molecule has 0 aliphatic heterocycles. The van der Waals surface area contributed by atoms with E-state index in [2.05, 4.69) is 0 Å². The highest BCUT2D eigenvalue weighted by atomic mass is 16.4. The first kappa shape index (κ1) is 15.3. The van der Waals surface area contributed by atoms with Crippen molar-refractivity contribution in [2.75, 3.05) is 6.61 Å². The smallest absolute Gasteiger partial charge is 0.337 e. The van der Waals surface area contributed by atoms with Crippen molar-refractivity contribution in [2.24, 2.45) is 0 Å². The molecule has 0 saturated carbocycles. The van der Waals surface area contributed by atoms with Crippen molar-refractivity contribution in [3.63, 3.8) is 0 Å². The fourth-order valence-electron chi connectivity index (χ4n) is 2.87. The Kier molecular flexibility index (Phi) is 4.14. The summed E-state index contributed by atoms with van der Waals surface area (Å²) in [6.07, 6.45) is 0.509. The van der Waals surface area contributed by atoms with Crippen LogP contribution in [0.3, 0.4) is 0 Å². The number of nitrogens with zero attached hydrogens (tertiary/aromatic N) is 1. The summed E-state index contributed by atoms with van der Waals surface area (Å²) < 4.78 is 1.82. The van der Waals surface area contributed by atoms with Gasteiger partial charge in [-0.15, -0.1) is 0 Å². The standard InChI is InChI=1S/C16H19NO4/c1-9-7-12-14(11(3)19)10(2)17(5-4-6-18)15(12)13(8-9)16(20)21/h7-8,18H,4-6H2,1-3H3,(H,20,21). The number of fused-ring (bicyclic) bond motifs is 1. The van der Waals surface area contributed by atoms with Gasteiger partial charge < -0.3 is 14.8 Å². The zero-order chi connectivity index (χ0) is 15.7. The Morgan fingerprint density at radius 1 is 1.24 bits per heavy atom. The van der Waals surface area contributed by atoms with Crippen molar-refractivity contribution in [1.29, 1.82) is 0 Å². The Morgan fingerprint density at radius 2 is 1.90 bits per heavy atom. The molecule has 2 aromatic rings. The Hall–Kier alpha value is -2.14. The second kappa shape index (κ2) is 5.69. The van der Waals surface area contributed by atoms with Crippen LogP contribution in [-0.2, 0) is 6.54 Å². The molecule has 112 valence electrons. The summed E-state index contributed by atoms with van der Waals surface area (Å²) in [6, 6.07) is 3.46. The molecule has 0 fully saturated rings. The molecule has 21 heavy (non-hydrogen) atoms. The van der Waals surface area contributed by atoms with Gasteiger partial charge in [0.25, 0.3) is 0 Å². The molecular weight excluding hydrogens is 270 g/mol. The fourth-order valence-corrected chi connectivity index (χ4v) is 2.87. The van der Waals surface area contributed by atoms with Crippen molar-refractivity contribution in [3.05, 3.63) is 34.5 Å². The van der Waals surface area contributed by atoms with E-state index in [4.69, 9.17) is 5.11 Å². The van der Waals surface area contributed by atoms with E-state index in [1.165, 1.54) is 6.92 Å². The average Bonchev–Trinajstić information content (AvgIpc) is 2.67. The Labute approximate surface area is 122 Å². The maximum absolute atomic E-state index is 11.9. The third-order valence-electron chi connectivity index (χ3n) is 3.68. The quantitative estimate of drug-likeness (QED) is 0.829. The first-order valence-electron chi connectivity index (χ1n) is 6.87. The third kappa shape index (κ3) is 2.56. The topological polar surface area (TPSA) is 79.5 Å². The molecule has 0 saturated heterocycles. The number of aromatic carboxylic acids is 1. The van der Waals surface area contributed by atoms with Gasteiger partial charge >= 0.3 is 5.97 Å². The molecule has 1 aromatic carbocycles. The second-order valence-electron chi connectivity index (χ2n) is 5.26. The zero-order valence-electron chi connectivity index (χ0n) is 12.4. The number of aliphatic hydroxyl groups excluding tert-OH is 1. The highest BCUT2D eigenvalue weighted by Gasteiger charge is 2.22. The molecule has 0 spiro atoms. The molecule has 0 amide bonds. The number of carboxylic acid groups (broad SMARTS) is 1. The molecule has 0 radical (unpaired) electrons. The molecule has 1 aromatic heterocycles.